The number of ether oxygens (including phenoxy) is 1. The third kappa shape index (κ3) is 2.95. The Morgan fingerprint density at radius 3 is 2.42 bits per heavy atom. The molecular weight excluding hydrogens is 329 g/mol. The van der Waals surface area contributed by atoms with Crippen LogP contribution in [-0.4, -0.2) is 34.3 Å². The van der Waals surface area contributed by atoms with Gasteiger partial charge < -0.3 is 9.75 Å². The first kappa shape index (κ1) is 17.8. The van der Waals surface area contributed by atoms with Crippen LogP contribution in [-0.2, 0) is 6.18 Å². The average Bonchev–Trinajstić information content (AvgIpc) is 2.90. The molecule has 1 aromatic carbocycles. The van der Waals surface area contributed by atoms with Crippen molar-refractivity contribution in [3.05, 3.63) is 28.1 Å². The fourth-order valence-electron chi connectivity index (χ4n) is 2.54. The summed E-state index contributed by atoms with van der Waals surface area (Å²) in [5, 5.41) is 13.3. The van der Waals surface area contributed by atoms with Crippen LogP contribution in [0.3, 0.4) is 0 Å². The van der Waals surface area contributed by atoms with Gasteiger partial charge in [0, 0.05) is 13.1 Å². The van der Waals surface area contributed by atoms with Gasteiger partial charge in [0.15, 0.2) is 5.52 Å². The molecule has 0 aliphatic rings. The lowest BCUT2D eigenvalue weighted by atomic mass is 10.1. The van der Waals surface area contributed by atoms with Crippen LogP contribution in [0.2, 0.25) is 0 Å². The number of nitro groups is 1. The molecule has 0 amide bonds. The lowest BCUT2D eigenvalue weighted by Crippen LogP contribution is -2.33. The second kappa shape index (κ2) is 6.54. The maximum Gasteiger partial charge on any atom is 0.420 e. The largest absolute Gasteiger partial charge is 0.487 e. The number of aromatic nitrogens is 2. The van der Waals surface area contributed by atoms with Crippen molar-refractivity contribution in [2.24, 2.45) is 0 Å². The highest BCUT2D eigenvalue weighted by Gasteiger charge is 2.41. The second-order valence-corrected chi connectivity index (χ2v) is 4.89. The predicted molar refractivity (Wildman–Crippen MR) is 81.9 cm³/mol. The Hall–Kier alpha value is -2.52. The van der Waals surface area contributed by atoms with E-state index in [9.17, 15) is 23.3 Å². The molecule has 0 N–H and O–H groups in total. The van der Waals surface area contributed by atoms with Crippen molar-refractivity contribution in [1.82, 2.24) is 9.66 Å². The zero-order valence-corrected chi connectivity index (χ0v) is 13.4. The third-order valence-corrected chi connectivity index (χ3v) is 3.55. The number of nitrogens with zero attached hydrogens (tertiary/aromatic N) is 4. The molecule has 0 bridgehead atoms. The van der Waals surface area contributed by atoms with Gasteiger partial charge in [0.2, 0.25) is 5.75 Å². The maximum absolute atomic E-state index is 13.3. The standard InChI is InChI=1S/C14H17F3N4O3/c1-4-19(5-2)20-8-18-10-7-9(14(15,16)17)13(24-6-3)12(11(10)20)21(22)23/h7-8H,4-6H2,1-3H3. The fourth-order valence-corrected chi connectivity index (χ4v) is 2.54. The number of fused-ring (bicyclic) bond motifs is 1. The lowest BCUT2D eigenvalue weighted by molar-refractivity contribution is -0.384. The van der Waals surface area contributed by atoms with Gasteiger partial charge >= 0.3 is 11.9 Å². The molecular formula is C14H17F3N4O3. The van der Waals surface area contributed by atoms with Gasteiger partial charge in [-0.05, 0) is 26.8 Å². The van der Waals surface area contributed by atoms with Crippen LogP contribution in [0, 0.1) is 10.1 Å². The van der Waals surface area contributed by atoms with E-state index in [0.717, 1.165) is 6.07 Å². The first-order valence-electron chi connectivity index (χ1n) is 7.39. The number of benzene rings is 1. The molecule has 0 saturated heterocycles. The molecule has 0 spiro atoms. The molecule has 0 unspecified atom stereocenters. The van der Waals surface area contributed by atoms with E-state index in [0.29, 0.717) is 13.1 Å². The summed E-state index contributed by atoms with van der Waals surface area (Å²) in [6.45, 7) is 6.00. The molecule has 24 heavy (non-hydrogen) atoms. The van der Waals surface area contributed by atoms with Gasteiger partial charge in [0.25, 0.3) is 0 Å². The summed E-state index contributed by atoms with van der Waals surface area (Å²) in [7, 11) is 0. The zero-order valence-electron chi connectivity index (χ0n) is 13.4. The molecule has 0 atom stereocenters. The second-order valence-electron chi connectivity index (χ2n) is 4.89. The average molecular weight is 346 g/mol. The van der Waals surface area contributed by atoms with Crippen molar-refractivity contribution in [3.8, 4) is 5.75 Å². The van der Waals surface area contributed by atoms with Crippen molar-refractivity contribution in [3.63, 3.8) is 0 Å². The van der Waals surface area contributed by atoms with E-state index in [4.69, 9.17) is 4.74 Å². The van der Waals surface area contributed by atoms with Crippen LogP contribution in [0.1, 0.15) is 26.3 Å². The molecule has 0 aliphatic carbocycles. The maximum atomic E-state index is 13.3. The molecule has 0 aliphatic heterocycles. The first-order valence-corrected chi connectivity index (χ1v) is 7.39. The van der Waals surface area contributed by atoms with Crippen LogP contribution in [0.4, 0.5) is 18.9 Å². The van der Waals surface area contributed by atoms with Crippen molar-refractivity contribution in [1.29, 1.82) is 0 Å². The first-order chi connectivity index (χ1) is 11.3. The SMILES string of the molecule is CCOc1c(C(F)(F)F)cc2ncn(N(CC)CC)c2c1[N+](=O)[O-]. The topological polar surface area (TPSA) is 73.4 Å². The van der Waals surface area contributed by atoms with E-state index in [2.05, 4.69) is 4.98 Å². The minimum Gasteiger partial charge on any atom is -0.487 e. The Bertz CT molecular complexity index is 754. The Morgan fingerprint density at radius 1 is 1.33 bits per heavy atom. The quantitative estimate of drug-likeness (QED) is 0.592. The molecule has 1 aromatic heterocycles. The summed E-state index contributed by atoms with van der Waals surface area (Å²) in [6.07, 6.45) is -3.51. The van der Waals surface area contributed by atoms with Crippen LogP contribution < -0.4 is 9.75 Å². The van der Waals surface area contributed by atoms with Gasteiger partial charge in [-0.2, -0.15) is 13.2 Å². The number of halogens is 3. The number of imidazole rings is 1. The van der Waals surface area contributed by atoms with E-state index in [-0.39, 0.29) is 17.6 Å². The summed E-state index contributed by atoms with van der Waals surface area (Å²) < 4.78 is 46.3. The number of rotatable bonds is 6. The Kier molecular flexibility index (Phi) is 4.86. The highest BCUT2D eigenvalue weighted by molar-refractivity contribution is 5.90. The van der Waals surface area contributed by atoms with Crippen molar-refractivity contribution in [2.75, 3.05) is 24.7 Å². The molecule has 0 saturated carbocycles. The van der Waals surface area contributed by atoms with Gasteiger partial charge in [0.1, 0.15) is 11.9 Å². The van der Waals surface area contributed by atoms with Crippen LogP contribution >= 0.6 is 0 Å². The molecule has 10 heteroatoms. The Balaban J connectivity index is 2.92. The van der Waals surface area contributed by atoms with Gasteiger partial charge in [-0.25, -0.2) is 9.66 Å². The van der Waals surface area contributed by atoms with Gasteiger partial charge in [0.05, 0.1) is 17.0 Å². The summed E-state index contributed by atoms with van der Waals surface area (Å²) >= 11 is 0. The number of alkyl halides is 3. The normalized spacial score (nSPS) is 11.8. The minimum atomic E-state index is -4.79. The van der Waals surface area contributed by atoms with Crippen molar-refractivity contribution in [2.45, 2.75) is 26.9 Å². The van der Waals surface area contributed by atoms with Crippen molar-refractivity contribution >= 4 is 16.7 Å². The number of nitro benzene ring substituents is 1. The number of hydrogen-bond donors (Lipinski definition) is 0. The minimum absolute atomic E-state index is 0.0137. The fraction of sp³-hybridized carbons (Fsp3) is 0.500. The Morgan fingerprint density at radius 2 is 1.96 bits per heavy atom. The van der Waals surface area contributed by atoms with Gasteiger partial charge in [-0.15, -0.1) is 0 Å². The summed E-state index contributed by atoms with van der Waals surface area (Å²) in [4.78, 5) is 14.6. The number of hydrogen-bond acceptors (Lipinski definition) is 5. The summed E-state index contributed by atoms with van der Waals surface area (Å²) in [5.41, 5.74) is -2.05. The van der Waals surface area contributed by atoms with Crippen LogP contribution in [0.5, 0.6) is 5.75 Å². The Labute approximate surface area is 135 Å². The molecule has 2 aromatic rings. The lowest BCUT2D eigenvalue weighted by Gasteiger charge is -2.23. The molecule has 0 fully saturated rings. The highest BCUT2D eigenvalue weighted by Crippen LogP contribution is 2.45. The molecule has 0 radical (unpaired) electrons. The zero-order chi connectivity index (χ0) is 18.1. The van der Waals surface area contributed by atoms with E-state index >= 15 is 0 Å². The smallest absolute Gasteiger partial charge is 0.420 e. The predicted octanol–water partition coefficient (Wildman–Crippen LogP) is 3.34. The van der Waals surface area contributed by atoms with E-state index in [1.54, 1.807) is 5.01 Å². The third-order valence-electron chi connectivity index (χ3n) is 3.55. The monoisotopic (exact) mass is 346 g/mol. The van der Waals surface area contributed by atoms with Crippen molar-refractivity contribution < 1.29 is 22.8 Å². The van der Waals surface area contributed by atoms with E-state index < -0.39 is 28.1 Å². The molecule has 2 rings (SSSR count). The van der Waals surface area contributed by atoms with Crippen LogP contribution in [0.15, 0.2) is 12.4 Å². The van der Waals surface area contributed by atoms with Gasteiger partial charge in [-0.3, -0.25) is 10.1 Å². The molecule has 132 valence electrons. The van der Waals surface area contributed by atoms with Gasteiger partial charge in [-0.1, -0.05) is 0 Å². The van der Waals surface area contributed by atoms with Crippen LogP contribution in [0.25, 0.3) is 11.0 Å². The molecule has 1 heterocycles. The van der Waals surface area contributed by atoms with E-state index in [1.165, 1.54) is 17.9 Å². The molecule has 7 nitrogen and oxygen atoms in total. The van der Waals surface area contributed by atoms with E-state index in [1.807, 2.05) is 13.8 Å². The summed E-state index contributed by atoms with van der Waals surface area (Å²) in [5.74, 6) is -0.781. The summed E-state index contributed by atoms with van der Waals surface area (Å²) in [6, 6.07) is 0.785. The highest BCUT2D eigenvalue weighted by atomic mass is 19.4.